The molecule has 3 aromatic carbocycles. The van der Waals surface area contributed by atoms with E-state index in [1.807, 2.05) is 12.1 Å². The van der Waals surface area contributed by atoms with Crippen molar-refractivity contribution in [2.45, 2.75) is 13.0 Å². The van der Waals surface area contributed by atoms with Gasteiger partial charge in [-0.15, -0.1) is 0 Å². The highest BCUT2D eigenvalue weighted by atomic mass is 19.1. The van der Waals surface area contributed by atoms with Gasteiger partial charge in [0.1, 0.15) is 18.2 Å². The topological polar surface area (TPSA) is 69.2 Å². The average Bonchev–Trinajstić information content (AvgIpc) is 2.79. The second-order valence-electron chi connectivity index (χ2n) is 6.61. The lowest BCUT2D eigenvalue weighted by atomic mass is 10.1. The third-order valence-electron chi connectivity index (χ3n) is 4.46. The maximum absolute atomic E-state index is 13.7. The van der Waals surface area contributed by atoms with Crippen molar-refractivity contribution < 1.29 is 23.4 Å². The number of carbonyl (C=O) groups is 1. The molecule has 0 aliphatic rings. The maximum Gasteiger partial charge on any atom is 0.244 e. The van der Waals surface area contributed by atoms with Crippen LogP contribution in [0.3, 0.4) is 0 Å². The lowest BCUT2D eigenvalue weighted by Gasteiger charge is -2.11. The summed E-state index contributed by atoms with van der Waals surface area (Å²) >= 11 is 0. The molecule has 7 heteroatoms. The molecule has 0 saturated carbocycles. The number of carbonyl (C=O) groups excluding carboxylic acids is 1. The van der Waals surface area contributed by atoms with Crippen LogP contribution >= 0.6 is 0 Å². The van der Waals surface area contributed by atoms with Crippen LogP contribution in [-0.4, -0.2) is 26.3 Å². The smallest absolute Gasteiger partial charge is 0.244 e. The van der Waals surface area contributed by atoms with Gasteiger partial charge in [0.05, 0.1) is 26.9 Å². The fourth-order valence-corrected chi connectivity index (χ4v) is 2.80. The van der Waals surface area contributed by atoms with E-state index in [-0.39, 0.29) is 24.8 Å². The summed E-state index contributed by atoms with van der Waals surface area (Å²) in [4.78, 5) is 12.1. The predicted octanol–water partition coefficient (Wildman–Crippen LogP) is 4.11. The number of hydrogen-bond acceptors (Lipinski definition) is 5. The van der Waals surface area contributed by atoms with Crippen molar-refractivity contribution in [2.24, 2.45) is 5.10 Å². The van der Waals surface area contributed by atoms with Gasteiger partial charge in [-0.2, -0.15) is 5.10 Å². The minimum absolute atomic E-state index is 0.0812. The molecule has 1 N–H and O–H groups in total. The lowest BCUT2D eigenvalue weighted by Crippen LogP contribution is -2.19. The van der Waals surface area contributed by atoms with Crippen molar-refractivity contribution >= 4 is 12.1 Å². The van der Waals surface area contributed by atoms with Gasteiger partial charge in [0.15, 0.2) is 11.5 Å². The summed E-state index contributed by atoms with van der Waals surface area (Å²) in [5.41, 5.74) is 4.51. The molecule has 0 heterocycles. The zero-order valence-electron chi connectivity index (χ0n) is 17.3. The number of hydrogen-bond donors (Lipinski definition) is 1. The van der Waals surface area contributed by atoms with Crippen LogP contribution in [0.15, 0.2) is 71.8 Å². The predicted molar refractivity (Wildman–Crippen MR) is 116 cm³/mol. The quantitative estimate of drug-likeness (QED) is 0.416. The van der Waals surface area contributed by atoms with E-state index in [0.29, 0.717) is 22.6 Å². The summed E-state index contributed by atoms with van der Waals surface area (Å²) < 4.78 is 29.9. The van der Waals surface area contributed by atoms with Crippen LogP contribution in [0.2, 0.25) is 0 Å². The number of rotatable bonds is 9. The minimum atomic E-state index is -0.324. The van der Waals surface area contributed by atoms with Crippen LogP contribution in [0.25, 0.3) is 0 Å². The highest BCUT2D eigenvalue weighted by molar-refractivity contribution is 5.84. The molecule has 0 unspecified atom stereocenters. The van der Waals surface area contributed by atoms with Gasteiger partial charge < -0.3 is 14.2 Å². The number of methoxy groups -OCH3 is 2. The second-order valence-corrected chi connectivity index (χ2v) is 6.61. The number of nitrogens with one attached hydrogen (secondary N) is 1. The van der Waals surface area contributed by atoms with Crippen molar-refractivity contribution in [2.75, 3.05) is 14.2 Å². The fourth-order valence-electron chi connectivity index (χ4n) is 2.80. The molecule has 31 heavy (non-hydrogen) atoms. The molecule has 6 nitrogen and oxygen atoms in total. The van der Waals surface area contributed by atoms with E-state index in [1.54, 1.807) is 55.6 Å². The minimum Gasteiger partial charge on any atom is -0.497 e. The highest BCUT2D eigenvalue weighted by Gasteiger charge is 2.08. The van der Waals surface area contributed by atoms with Gasteiger partial charge in [0.25, 0.3) is 0 Å². The normalized spacial score (nSPS) is 10.7. The molecule has 0 atom stereocenters. The first-order chi connectivity index (χ1) is 15.1. The summed E-state index contributed by atoms with van der Waals surface area (Å²) in [7, 11) is 3.11. The second kappa shape index (κ2) is 10.8. The number of nitrogens with zero attached hydrogens (tertiary/aromatic N) is 1. The maximum atomic E-state index is 13.7. The van der Waals surface area contributed by atoms with Gasteiger partial charge in [0.2, 0.25) is 5.91 Å². The molecule has 160 valence electrons. The Kier molecular flexibility index (Phi) is 7.59. The van der Waals surface area contributed by atoms with Crippen molar-refractivity contribution in [1.82, 2.24) is 5.43 Å². The van der Waals surface area contributed by atoms with E-state index in [0.717, 1.165) is 11.3 Å². The monoisotopic (exact) mass is 422 g/mol. The Labute approximate surface area is 180 Å². The Morgan fingerprint density at radius 1 is 1.00 bits per heavy atom. The van der Waals surface area contributed by atoms with Crippen molar-refractivity contribution in [3.63, 3.8) is 0 Å². The third-order valence-corrected chi connectivity index (χ3v) is 4.46. The molecular formula is C24H23FN2O4. The van der Waals surface area contributed by atoms with Gasteiger partial charge in [0, 0.05) is 5.56 Å². The number of amides is 1. The Morgan fingerprint density at radius 2 is 1.77 bits per heavy atom. The standard InChI is InChI=1S/C24H23FN2O4/c1-29-20-10-7-17(8-11-20)14-24(28)27-26-15-18-9-12-22(23(13-18)30-2)31-16-19-5-3-4-6-21(19)25/h3-13,15H,14,16H2,1-2H3,(H,27,28)/b26-15-. The summed E-state index contributed by atoms with van der Waals surface area (Å²) in [5.74, 6) is 1.13. The zero-order chi connectivity index (χ0) is 22.1. The molecule has 0 aliphatic heterocycles. The van der Waals surface area contributed by atoms with Gasteiger partial charge in [-0.05, 0) is 47.5 Å². The van der Waals surface area contributed by atoms with Crippen LogP contribution in [-0.2, 0) is 17.8 Å². The summed E-state index contributed by atoms with van der Waals surface area (Å²) in [6.45, 7) is 0.0812. The number of ether oxygens (including phenoxy) is 3. The molecule has 0 fully saturated rings. The van der Waals surface area contributed by atoms with Crippen LogP contribution in [0, 0.1) is 5.82 Å². The van der Waals surface area contributed by atoms with Crippen LogP contribution in [0.4, 0.5) is 4.39 Å². The van der Waals surface area contributed by atoms with Crippen LogP contribution < -0.4 is 19.6 Å². The Balaban J connectivity index is 1.56. The molecule has 0 saturated heterocycles. The number of benzene rings is 3. The molecular weight excluding hydrogens is 399 g/mol. The number of halogens is 1. The first kappa shape index (κ1) is 21.8. The summed E-state index contributed by atoms with van der Waals surface area (Å²) in [6.07, 6.45) is 1.71. The molecule has 0 spiro atoms. The van der Waals surface area contributed by atoms with E-state index in [9.17, 15) is 9.18 Å². The van der Waals surface area contributed by atoms with E-state index in [4.69, 9.17) is 14.2 Å². The summed E-state index contributed by atoms with van der Waals surface area (Å²) in [6, 6.07) is 18.9. The molecule has 1 amide bonds. The first-order valence-corrected chi connectivity index (χ1v) is 9.58. The lowest BCUT2D eigenvalue weighted by molar-refractivity contribution is -0.120. The zero-order valence-corrected chi connectivity index (χ0v) is 17.3. The Morgan fingerprint density at radius 3 is 2.48 bits per heavy atom. The average molecular weight is 422 g/mol. The molecule has 3 aromatic rings. The van der Waals surface area contributed by atoms with E-state index < -0.39 is 0 Å². The van der Waals surface area contributed by atoms with Gasteiger partial charge in [-0.1, -0.05) is 30.3 Å². The van der Waals surface area contributed by atoms with Crippen molar-refractivity contribution in [3.05, 3.63) is 89.2 Å². The van der Waals surface area contributed by atoms with Gasteiger partial charge >= 0.3 is 0 Å². The van der Waals surface area contributed by atoms with E-state index >= 15 is 0 Å². The third kappa shape index (κ3) is 6.30. The highest BCUT2D eigenvalue weighted by Crippen LogP contribution is 2.28. The SMILES string of the molecule is COc1ccc(CC(=O)N/N=C\c2ccc(OCc3ccccc3F)c(OC)c2)cc1. The van der Waals surface area contributed by atoms with Crippen molar-refractivity contribution in [1.29, 1.82) is 0 Å². The Hall–Kier alpha value is -3.87. The van der Waals surface area contributed by atoms with Crippen molar-refractivity contribution in [3.8, 4) is 17.2 Å². The molecule has 0 aliphatic carbocycles. The van der Waals surface area contributed by atoms with Crippen LogP contribution in [0.1, 0.15) is 16.7 Å². The molecule has 0 aromatic heterocycles. The summed E-state index contributed by atoms with van der Waals surface area (Å²) in [5, 5.41) is 3.99. The molecule has 0 radical (unpaired) electrons. The van der Waals surface area contributed by atoms with Gasteiger partial charge in [-0.3, -0.25) is 4.79 Å². The molecule has 0 bridgehead atoms. The van der Waals surface area contributed by atoms with Crippen LogP contribution in [0.5, 0.6) is 17.2 Å². The number of hydrazone groups is 1. The van der Waals surface area contributed by atoms with E-state index in [2.05, 4.69) is 10.5 Å². The van der Waals surface area contributed by atoms with Gasteiger partial charge in [-0.25, -0.2) is 9.82 Å². The molecule has 3 rings (SSSR count). The Bertz CT molecular complexity index is 1050. The first-order valence-electron chi connectivity index (χ1n) is 9.58. The van der Waals surface area contributed by atoms with E-state index in [1.165, 1.54) is 19.4 Å². The largest absolute Gasteiger partial charge is 0.497 e. The fraction of sp³-hybridized carbons (Fsp3) is 0.167.